The molecule has 2 rings (SSSR count). The summed E-state index contributed by atoms with van der Waals surface area (Å²) in [4.78, 5) is 0. The molecule has 0 saturated carbocycles. The highest BCUT2D eigenvalue weighted by Gasteiger charge is 2.24. The number of ether oxygens (including phenoxy) is 2. The molecule has 0 aliphatic carbocycles. The Morgan fingerprint density at radius 2 is 2.42 bits per heavy atom. The molecule has 2 atom stereocenters. The monoisotopic (exact) mass is 329 g/mol. The first kappa shape index (κ1) is 14.8. The fraction of sp³-hybridized carbons (Fsp3) is 0.571. The SMILES string of the molecule is COCC(CCO)NC1CCOc2ccc(Br)cc21. The van der Waals surface area contributed by atoms with Gasteiger partial charge in [-0.1, -0.05) is 15.9 Å². The number of halogens is 1. The van der Waals surface area contributed by atoms with Gasteiger partial charge >= 0.3 is 0 Å². The minimum atomic E-state index is 0.157. The lowest BCUT2D eigenvalue weighted by atomic mass is 9.99. The van der Waals surface area contributed by atoms with Crippen molar-refractivity contribution in [2.75, 3.05) is 26.9 Å². The molecule has 0 amide bonds. The zero-order valence-electron chi connectivity index (χ0n) is 11.1. The van der Waals surface area contributed by atoms with Gasteiger partial charge in [-0.05, 0) is 24.6 Å². The van der Waals surface area contributed by atoms with Crippen molar-refractivity contribution in [1.82, 2.24) is 5.32 Å². The average molecular weight is 330 g/mol. The number of nitrogens with one attached hydrogen (secondary N) is 1. The summed E-state index contributed by atoms with van der Waals surface area (Å²) >= 11 is 3.50. The second-order valence-corrected chi connectivity index (χ2v) is 5.62. The lowest BCUT2D eigenvalue weighted by Gasteiger charge is -2.30. The van der Waals surface area contributed by atoms with E-state index in [1.165, 1.54) is 5.56 Å². The van der Waals surface area contributed by atoms with Crippen molar-refractivity contribution in [2.24, 2.45) is 0 Å². The van der Waals surface area contributed by atoms with Crippen molar-refractivity contribution in [3.63, 3.8) is 0 Å². The second-order valence-electron chi connectivity index (χ2n) is 4.70. The number of hydrogen-bond donors (Lipinski definition) is 2. The minimum absolute atomic E-state index is 0.157. The molecular weight excluding hydrogens is 310 g/mol. The van der Waals surface area contributed by atoms with Crippen LogP contribution in [0.3, 0.4) is 0 Å². The summed E-state index contributed by atoms with van der Waals surface area (Å²) in [5, 5.41) is 12.7. The highest BCUT2D eigenvalue weighted by atomic mass is 79.9. The molecule has 1 aliphatic rings. The van der Waals surface area contributed by atoms with Gasteiger partial charge in [0.15, 0.2) is 0 Å². The molecule has 0 bridgehead atoms. The van der Waals surface area contributed by atoms with Crippen molar-refractivity contribution in [3.05, 3.63) is 28.2 Å². The molecule has 0 saturated heterocycles. The summed E-state index contributed by atoms with van der Waals surface area (Å²) < 4.78 is 11.9. The number of methoxy groups -OCH3 is 1. The Bertz CT molecular complexity index is 408. The highest BCUT2D eigenvalue weighted by molar-refractivity contribution is 9.10. The van der Waals surface area contributed by atoms with E-state index < -0.39 is 0 Å². The Hall–Kier alpha value is -0.620. The van der Waals surface area contributed by atoms with E-state index in [0.29, 0.717) is 19.6 Å². The van der Waals surface area contributed by atoms with Gasteiger partial charge in [0, 0.05) is 42.3 Å². The lowest BCUT2D eigenvalue weighted by Crippen LogP contribution is -2.39. The fourth-order valence-electron chi connectivity index (χ4n) is 2.39. The first-order chi connectivity index (χ1) is 9.24. The normalized spacial score (nSPS) is 19.6. The highest BCUT2D eigenvalue weighted by Crippen LogP contribution is 2.34. The topological polar surface area (TPSA) is 50.7 Å². The van der Waals surface area contributed by atoms with Crippen molar-refractivity contribution in [3.8, 4) is 5.75 Å². The number of benzene rings is 1. The third-order valence-electron chi connectivity index (χ3n) is 3.29. The molecule has 1 aromatic carbocycles. The molecule has 1 aromatic rings. The molecule has 0 fully saturated rings. The maximum absolute atomic E-state index is 9.10. The molecule has 19 heavy (non-hydrogen) atoms. The number of hydrogen-bond acceptors (Lipinski definition) is 4. The molecule has 2 unspecified atom stereocenters. The van der Waals surface area contributed by atoms with Crippen LogP contribution in [0.15, 0.2) is 22.7 Å². The summed E-state index contributed by atoms with van der Waals surface area (Å²) in [6.07, 6.45) is 1.61. The van der Waals surface area contributed by atoms with E-state index in [-0.39, 0.29) is 18.7 Å². The molecule has 4 nitrogen and oxygen atoms in total. The summed E-state index contributed by atoms with van der Waals surface area (Å²) in [7, 11) is 1.68. The first-order valence-corrected chi connectivity index (χ1v) is 7.32. The lowest BCUT2D eigenvalue weighted by molar-refractivity contribution is 0.135. The standard InChI is InChI=1S/C14H20BrNO3/c1-18-9-11(4-6-17)16-13-5-7-19-14-3-2-10(15)8-12(13)14/h2-3,8,11,13,16-17H,4-7,9H2,1H3. The largest absolute Gasteiger partial charge is 0.493 e. The van der Waals surface area contributed by atoms with Crippen molar-refractivity contribution < 1.29 is 14.6 Å². The predicted molar refractivity (Wildman–Crippen MR) is 77.5 cm³/mol. The van der Waals surface area contributed by atoms with Crippen LogP contribution in [0.4, 0.5) is 0 Å². The maximum Gasteiger partial charge on any atom is 0.124 e. The van der Waals surface area contributed by atoms with Crippen LogP contribution in [0.25, 0.3) is 0 Å². The molecule has 5 heteroatoms. The second kappa shape index (κ2) is 7.24. The third kappa shape index (κ3) is 3.92. The molecule has 106 valence electrons. The Labute approximate surface area is 122 Å². The van der Waals surface area contributed by atoms with Gasteiger partial charge in [-0.2, -0.15) is 0 Å². The third-order valence-corrected chi connectivity index (χ3v) is 3.79. The Morgan fingerprint density at radius 1 is 1.58 bits per heavy atom. The van der Waals surface area contributed by atoms with Gasteiger partial charge in [0.05, 0.1) is 13.2 Å². The average Bonchev–Trinajstić information content (AvgIpc) is 2.40. The van der Waals surface area contributed by atoms with Crippen LogP contribution in [-0.2, 0) is 4.74 Å². The Kier molecular flexibility index (Phi) is 5.63. The Morgan fingerprint density at radius 3 is 3.16 bits per heavy atom. The predicted octanol–water partition coefficient (Wildman–Crippen LogP) is 2.26. The van der Waals surface area contributed by atoms with Crippen LogP contribution in [-0.4, -0.2) is 38.1 Å². The molecule has 2 N–H and O–H groups in total. The van der Waals surface area contributed by atoms with Gasteiger partial charge in [0.2, 0.25) is 0 Å². The molecule has 0 aromatic heterocycles. The number of rotatable bonds is 6. The van der Waals surface area contributed by atoms with Crippen molar-refractivity contribution >= 4 is 15.9 Å². The van der Waals surface area contributed by atoms with Crippen LogP contribution < -0.4 is 10.1 Å². The van der Waals surface area contributed by atoms with E-state index in [1.807, 2.05) is 12.1 Å². The van der Waals surface area contributed by atoms with E-state index in [2.05, 4.69) is 27.3 Å². The fourth-order valence-corrected chi connectivity index (χ4v) is 2.77. The van der Waals surface area contributed by atoms with Crippen molar-refractivity contribution in [1.29, 1.82) is 0 Å². The van der Waals surface area contributed by atoms with Crippen LogP contribution >= 0.6 is 15.9 Å². The summed E-state index contributed by atoms with van der Waals surface area (Å²) in [6.45, 7) is 1.47. The quantitative estimate of drug-likeness (QED) is 0.840. The summed E-state index contributed by atoms with van der Waals surface area (Å²) in [6, 6.07) is 6.47. The summed E-state index contributed by atoms with van der Waals surface area (Å²) in [5.41, 5.74) is 1.17. The molecule has 1 heterocycles. The van der Waals surface area contributed by atoms with E-state index in [4.69, 9.17) is 14.6 Å². The van der Waals surface area contributed by atoms with Gasteiger partial charge in [-0.25, -0.2) is 0 Å². The van der Waals surface area contributed by atoms with Crippen molar-refractivity contribution in [2.45, 2.75) is 24.9 Å². The van der Waals surface area contributed by atoms with Crippen LogP contribution in [0.2, 0.25) is 0 Å². The van der Waals surface area contributed by atoms with Gasteiger partial charge in [-0.15, -0.1) is 0 Å². The van der Waals surface area contributed by atoms with Crippen LogP contribution in [0.1, 0.15) is 24.4 Å². The number of aliphatic hydroxyl groups is 1. The summed E-state index contributed by atoms with van der Waals surface area (Å²) in [5.74, 6) is 0.937. The smallest absolute Gasteiger partial charge is 0.124 e. The Balaban J connectivity index is 2.11. The van der Waals surface area contributed by atoms with Gasteiger partial charge in [0.1, 0.15) is 5.75 Å². The zero-order valence-corrected chi connectivity index (χ0v) is 12.6. The van der Waals surface area contributed by atoms with Crippen LogP contribution in [0, 0.1) is 0 Å². The number of aliphatic hydroxyl groups excluding tert-OH is 1. The molecule has 1 aliphatic heterocycles. The number of fused-ring (bicyclic) bond motifs is 1. The van der Waals surface area contributed by atoms with E-state index in [9.17, 15) is 0 Å². The minimum Gasteiger partial charge on any atom is -0.493 e. The molecule has 0 radical (unpaired) electrons. The van der Waals surface area contributed by atoms with E-state index in [1.54, 1.807) is 7.11 Å². The molecule has 0 spiro atoms. The first-order valence-electron chi connectivity index (χ1n) is 6.52. The zero-order chi connectivity index (χ0) is 13.7. The van der Waals surface area contributed by atoms with Gasteiger partial charge < -0.3 is 19.9 Å². The maximum atomic E-state index is 9.10. The van der Waals surface area contributed by atoms with Gasteiger partial charge in [-0.3, -0.25) is 0 Å². The van der Waals surface area contributed by atoms with E-state index >= 15 is 0 Å². The van der Waals surface area contributed by atoms with Crippen LogP contribution in [0.5, 0.6) is 5.75 Å². The molecular formula is C14H20BrNO3. The van der Waals surface area contributed by atoms with Gasteiger partial charge in [0.25, 0.3) is 0 Å². The van der Waals surface area contributed by atoms with E-state index in [0.717, 1.165) is 16.6 Å².